The molecule has 0 bridgehead atoms. The number of thioether (sulfide) groups is 2. The van der Waals surface area contributed by atoms with Crippen molar-refractivity contribution in [2.75, 3.05) is 5.75 Å². The first kappa shape index (κ1) is 19.1. The van der Waals surface area contributed by atoms with E-state index in [0.29, 0.717) is 5.25 Å². The Morgan fingerprint density at radius 1 is 1.30 bits per heavy atom. The summed E-state index contributed by atoms with van der Waals surface area (Å²) in [6.45, 7) is 7.11. The van der Waals surface area contributed by atoms with Gasteiger partial charge in [0.15, 0.2) is 0 Å². The third kappa shape index (κ3) is 3.38. The molecule has 27 heavy (non-hydrogen) atoms. The summed E-state index contributed by atoms with van der Waals surface area (Å²) in [5.41, 5.74) is 3.43. The van der Waals surface area contributed by atoms with Gasteiger partial charge in [-0.1, -0.05) is 33.3 Å². The summed E-state index contributed by atoms with van der Waals surface area (Å²) < 4.78 is 15.4. The van der Waals surface area contributed by atoms with Gasteiger partial charge in [-0.2, -0.15) is 5.10 Å². The van der Waals surface area contributed by atoms with Crippen molar-refractivity contribution in [3.05, 3.63) is 53.6 Å². The van der Waals surface area contributed by atoms with Crippen LogP contribution in [-0.2, 0) is 6.42 Å². The standard InChI is InChI=1S/C22H27FN2S2/c1-4-11-22(26-13-10-16(2)27-22)21(3)12-9-20-17(14-21)15-24-25(20)19-7-5-18(23)6-8-19/h5-9,12,15-16H,4,10-11,13-14H2,1-3H3/t16?,21-,22?/m1/s1. The second kappa shape index (κ2) is 7.32. The van der Waals surface area contributed by atoms with Crippen molar-refractivity contribution >= 4 is 29.6 Å². The smallest absolute Gasteiger partial charge is 0.123 e. The van der Waals surface area contributed by atoms with E-state index in [1.165, 1.54) is 42.7 Å². The Kier molecular flexibility index (Phi) is 5.19. The first-order valence-corrected chi connectivity index (χ1v) is 11.7. The fourth-order valence-corrected chi connectivity index (χ4v) is 8.73. The van der Waals surface area contributed by atoms with Gasteiger partial charge in [-0.3, -0.25) is 0 Å². The van der Waals surface area contributed by atoms with Crippen LogP contribution in [0.2, 0.25) is 0 Å². The van der Waals surface area contributed by atoms with Crippen LogP contribution >= 0.6 is 23.5 Å². The Balaban J connectivity index is 1.69. The van der Waals surface area contributed by atoms with E-state index in [9.17, 15) is 4.39 Å². The normalized spacial score (nSPS) is 30.3. The van der Waals surface area contributed by atoms with Gasteiger partial charge >= 0.3 is 0 Å². The molecular weight excluding hydrogens is 375 g/mol. The number of hydrogen-bond acceptors (Lipinski definition) is 3. The first-order valence-electron chi connectivity index (χ1n) is 9.80. The molecule has 1 fully saturated rings. The second-order valence-corrected chi connectivity index (χ2v) is 11.3. The zero-order chi connectivity index (χ0) is 19.1. The molecule has 1 saturated heterocycles. The molecule has 0 saturated carbocycles. The van der Waals surface area contributed by atoms with Gasteiger partial charge in [-0.05, 0) is 60.9 Å². The summed E-state index contributed by atoms with van der Waals surface area (Å²) in [5, 5.41) is 5.34. The molecule has 2 heterocycles. The largest absolute Gasteiger partial charge is 0.233 e. The molecule has 0 amide bonds. The molecule has 0 radical (unpaired) electrons. The van der Waals surface area contributed by atoms with Gasteiger partial charge in [0.1, 0.15) is 5.82 Å². The minimum absolute atomic E-state index is 0.108. The van der Waals surface area contributed by atoms with Crippen LogP contribution in [0.4, 0.5) is 4.39 Å². The summed E-state index contributed by atoms with van der Waals surface area (Å²) >= 11 is 4.35. The quantitative estimate of drug-likeness (QED) is 0.594. The summed E-state index contributed by atoms with van der Waals surface area (Å²) in [6, 6.07) is 6.56. The Morgan fingerprint density at radius 3 is 2.78 bits per heavy atom. The van der Waals surface area contributed by atoms with Crippen molar-refractivity contribution in [3.63, 3.8) is 0 Å². The van der Waals surface area contributed by atoms with E-state index in [4.69, 9.17) is 0 Å². The summed E-state index contributed by atoms with van der Waals surface area (Å²) in [4.78, 5) is 0. The summed E-state index contributed by atoms with van der Waals surface area (Å²) in [7, 11) is 0. The van der Waals surface area contributed by atoms with E-state index in [-0.39, 0.29) is 15.3 Å². The van der Waals surface area contributed by atoms with Crippen LogP contribution < -0.4 is 0 Å². The fraction of sp³-hybridized carbons (Fsp3) is 0.500. The van der Waals surface area contributed by atoms with E-state index in [2.05, 4.69) is 61.5 Å². The van der Waals surface area contributed by atoms with Gasteiger partial charge < -0.3 is 0 Å². The maximum atomic E-state index is 13.3. The number of aromatic nitrogens is 2. The molecule has 2 aromatic rings. The lowest BCUT2D eigenvalue weighted by molar-refractivity contribution is 0.356. The van der Waals surface area contributed by atoms with Crippen LogP contribution in [0.1, 0.15) is 51.3 Å². The maximum absolute atomic E-state index is 13.3. The average Bonchev–Trinajstić information content (AvgIpc) is 3.05. The lowest BCUT2D eigenvalue weighted by Crippen LogP contribution is -2.45. The molecule has 1 aromatic heterocycles. The highest BCUT2D eigenvalue weighted by molar-refractivity contribution is 8.19. The molecule has 2 aliphatic rings. The van der Waals surface area contributed by atoms with E-state index in [1.807, 2.05) is 10.9 Å². The predicted molar refractivity (Wildman–Crippen MR) is 116 cm³/mol. The first-order chi connectivity index (χ1) is 13.0. The molecule has 0 N–H and O–H groups in total. The highest BCUT2D eigenvalue weighted by Crippen LogP contribution is 2.60. The van der Waals surface area contributed by atoms with Gasteiger partial charge in [0, 0.05) is 10.7 Å². The molecule has 5 heteroatoms. The Morgan fingerprint density at radius 2 is 2.07 bits per heavy atom. The van der Waals surface area contributed by atoms with Crippen LogP contribution in [0.25, 0.3) is 11.8 Å². The summed E-state index contributed by atoms with van der Waals surface area (Å²) in [6.07, 6.45) is 11.4. The van der Waals surface area contributed by atoms with Crippen molar-refractivity contribution in [2.24, 2.45) is 5.41 Å². The number of benzene rings is 1. The molecular formula is C22H27FN2S2. The lowest BCUT2D eigenvalue weighted by atomic mass is 9.75. The lowest BCUT2D eigenvalue weighted by Gasteiger charge is -2.51. The molecule has 2 nitrogen and oxygen atoms in total. The van der Waals surface area contributed by atoms with Crippen molar-refractivity contribution in [3.8, 4) is 5.69 Å². The van der Waals surface area contributed by atoms with Crippen LogP contribution in [-0.4, -0.2) is 24.9 Å². The monoisotopic (exact) mass is 402 g/mol. The predicted octanol–water partition coefficient (Wildman–Crippen LogP) is 6.34. The van der Waals surface area contributed by atoms with Crippen molar-refractivity contribution < 1.29 is 4.39 Å². The van der Waals surface area contributed by atoms with Crippen molar-refractivity contribution in [1.82, 2.24) is 9.78 Å². The van der Waals surface area contributed by atoms with Crippen molar-refractivity contribution in [1.29, 1.82) is 0 Å². The number of halogens is 1. The minimum atomic E-state index is -0.218. The van der Waals surface area contributed by atoms with Crippen LogP contribution in [0.15, 0.2) is 36.5 Å². The Labute approximate surface area is 170 Å². The van der Waals surface area contributed by atoms with Gasteiger partial charge in [0.2, 0.25) is 0 Å². The number of hydrogen-bond donors (Lipinski definition) is 0. The van der Waals surface area contributed by atoms with E-state index >= 15 is 0 Å². The molecule has 4 rings (SSSR count). The SMILES string of the molecule is CCCC1([C@]2(C)C=Cc3c(cnn3-c3ccc(F)cc3)C2)SCCC(C)S1. The second-order valence-electron chi connectivity index (χ2n) is 7.94. The van der Waals surface area contributed by atoms with Gasteiger partial charge in [-0.25, -0.2) is 9.07 Å². The van der Waals surface area contributed by atoms with E-state index in [0.717, 1.165) is 17.8 Å². The third-order valence-electron chi connectivity index (χ3n) is 5.82. The Hall–Kier alpha value is -1.20. The highest BCUT2D eigenvalue weighted by Gasteiger charge is 2.50. The molecule has 1 aliphatic carbocycles. The number of rotatable bonds is 4. The molecule has 0 spiro atoms. The average molecular weight is 403 g/mol. The van der Waals surface area contributed by atoms with Gasteiger partial charge in [0.05, 0.1) is 21.7 Å². The number of allylic oxidation sites excluding steroid dienone is 1. The Bertz CT molecular complexity index is 840. The van der Waals surface area contributed by atoms with E-state index < -0.39 is 0 Å². The number of fused-ring (bicyclic) bond motifs is 1. The zero-order valence-corrected chi connectivity index (χ0v) is 17.9. The molecule has 1 aromatic carbocycles. The maximum Gasteiger partial charge on any atom is 0.123 e. The molecule has 1 aliphatic heterocycles. The van der Waals surface area contributed by atoms with Crippen LogP contribution in [0, 0.1) is 11.2 Å². The molecule has 2 unspecified atom stereocenters. The van der Waals surface area contributed by atoms with Gasteiger partial charge in [0.25, 0.3) is 0 Å². The third-order valence-corrected chi connectivity index (χ3v) is 9.73. The van der Waals surface area contributed by atoms with Crippen LogP contribution in [0.3, 0.4) is 0 Å². The van der Waals surface area contributed by atoms with Gasteiger partial charge in [-0.15, -0.1) is 23.5 Å². The number of nitrogens with zero attached hydrogens (tertiary/aromatic N) is 2. The minimum Gasteiger partial charge on any atom is -0.233 e. The molecule has 144 valence electrons. The van der Waals surface area contributed by atoms with Crippen LogP contribution in [0.5, 0.6) is 0 Å². The summed E-state index contributed by atoms with van der Waals surface area (Å²) in [5.74, 6) is 1.03. The molecule has 3 atom stereocenters. The fourth-order valence-electron chi connectivity index (χ4n) is 4.33. The van der Waals surface area contributed by atoms with Crippen molar-refractivity contribution in [2.45, 2.75) is 55.8 Å². The topological polar surface area (TPSA) is 17.8 Å². The van der Waals surface area contributed by atoms with E-state index in [1.54, 1.807) is 12.1 Å². The highest BCUT2D eigenvalue weighted by atomic mass is 32.2. The zero-order valence-electron chi connectivity index (χ0n) is 16.2.